The Morgan fingerprint density at radius 3 is 2.18 bits per heavy atom. The number of rotatable bonds is 5. The molecule has 2 aliphatic carbocycles. The fourth-order valence-electron chi connectivity index (χ4n) is 6.34. The molecule has 33 heavy (non-hydrogen) atoms. The number of hydrogen-bond donors (Lipinski definition) is 0. The lowest BCUT2D eigenvalue weighted by atomic mass is 9.71. The summed E-state index contributed by atoms with van der Waals surface area (Å²) in [4.78, 5) is 34.2. The second-order valence-corrected chi connectivity index (χ2v) is 8.96. The first-order valence-corrected chi connectivity index (χ1v) is 11.0. The molecule has 2 bridgehead atoms. The molecule has 4 aliphatic rings. The van der Waals surface area contributed by atoms with Crippen molar-refractivity contribution in [3.8, 4) is 17.2 Å². The zero-order valence-electron chi connectivity index (χ0n) is 18.6. The van der Waals surface area contributed by atoms with Crippen LogP contribution in [0.2, 0.25) is 0 Å². The van der Waals surface area contributed by atoms with Gasteiger partial charge in [-0.25, -0.2) is 0 Å². The number of ether oxygens (including phenoxy) is 3. The van der Waals surface area contributed by atoms with Crippen molar-refractivity contribution in [2.45, 2.75) is 12.5 Å². The van der Waals surface area contributed by atoms with Crippen LogP contribution in [0.4, 0.5) is 5.69 Å². The predicted molar refractivity (Wildman–Crippen MR) is 119 cm³/mol. The molecule has 2 heterocycles. The maximum atomic E-state index is 13.5. The van der Waals surface area contributed by atoms with E-state index in [-0.39, 0.29) is 47.5 Å². The number of oxime groups is 1. The molecule has 2 aromatic rings. The molecular weight excluding hydrogens is 424 g/mol. The summed E-state index contributed by atoms with van der Waals surface area (Å²) in [6.07, 6.45) is 0.585. The van der Waals surface area contributed by atoms with Crippen LogP contribution in [0.3, 0.4) is 0 Å². The van der Waals surface area contributed by atoms with Crippen molar-refractivity contribution >= 4 is 23.2 Å². The van der Waals surface area contributed by atoms with E-state index in [1.165, 1.54) is 4.90 Å². The molecule has 0 N–H and O–H groups in total. The Morgan fingerprint density at radius 1 is 0.848 bits per heavy atom. The van der Waals surface area contributed by atoms with Gasteiger partial charge in [0.1, 0.15) is 23.4 Å². The van der Waals surface area contributed by atoms with E-state index in [0.29, 0.717) is 22.9 Å². The van der Waals surface area contributed by atoms with Gasteiger partial charge in [-0.2, -0.15) is 0 Å². The number of anilines is 1. The van der Waals surface area contributed by atoms with E-state index in [1.807, 2.05) is 18.2 Å². The summed E-state index contributed by atoms with van der Waals surface area (Å²) in [6.45, 7) is 0. The van der Waals surface area contributed by atoms with Gasteiger partial charge >= 0.3 is 0 Å². The molecule has 0 spiro atoms. The van der Waals surface area contributed by atoms with Crippen molar-refractivity contribution < 1.29 is 28.6 Å². The highest BCUT2D eigenvalue weighted by atomic mass is 16.6. The van der Waals surface area contributed by atoms with Crippen LogP contribution in [0, 0.1) is 29.6 Å². The van der Waals surface area contributed by atoms with Gasteiger partial charge in [-0.1, -0.05) is 5.16 Å². The minimum Gasteiger partial charge on any atom is -0.497 e. The molecule has 2 aliphatic heterocycles. The molecule has 0 unspecified atom stereocenters. The van der Waals surface area contributed by atoms with E-state index < -0.39 is 0 Å². The largest absolute Gasteiger partial charge is 0.497 e. The van der Waals surface area contributed by atoms with Gasteiger partial charge in [0.2, 0.25) is 11.8 Å². The number of carbonyl (C=O) groups is 2. The number of hydrogen-bond acceptors (Lipinski definition) is 7. The Balaban J connectivity index is 1.33. The summed E-state index contributed by atoms with van der Waals surface area (Å²) < 4.78 is 16.1. The molecule has 8 heteroatoms. The fraction of sp³-hybridized carbons (Fsp3) is 0.400. The van der Waals surface area contributed by atoms with Gasteiger partial charge in [0, 0.05) is 23.5 Å². The average molecular weight is 448 g/mol. The van der Waals surface area contributed by atoms with Crippen LogP contribution in [-0.2, 0) is 14.4 Å². The number of carbonyl (C=O) groups excluding carboxylic acids is 2. The summed E-state index contributed by atoms with van der Waals surface area (Å²) in [5, 5.41) is 4.41. The quantitative estimate of drug-likeness (QED) is 0.654. The normalized spacial score (nSPS) is 31.2. The third-order valence-corrected chi connectivity index (χ3v) is 7.71. The molecule has 8 nitrogen and oxygen atoms in total. The number of benzene rings is 2. The zero-order valence-corrected chi connectivity index (χ0v) is 18.6. The van der Waals surface area contributed by atoms with E-state index in [0.717, 1.165) is 17.7 Å². The number of imide groups is 1. The van der Waals surface area contributed by atoms with Crippen molar-refractivity contribution in [2.24, 2.45) is 34.7 Å². The van der Waals surface area contributed by atoms with Gasteiger partial charge < -0.3 is 19.0 Å². The highest BCUT2D eigenvalue weighted by molar-refractivity contribution is 6.23. The Morgan fingerprint density at radius 2 is 1.52 bits per heavy atom. The van der Waals surface area contributed by atoms with Crippen LogP contribution in [0.1, 0.15) is 12.0 Å². The first-order chi connectivity index (χ1) is 16.1. The van der Waals surface area contributed by atoms with Crippen molar-refractivity contribution in [1.82, 2.24) is 0 Å². The lowest BCUT2D eigenvalue weighted by Crippen LogP contribution is -2.41. The van der Waals surface area contributed by atoms with Crippen molar-refractivity contribution in [3.63, 3.8) is 0 Å². The number of methoxy groups -OCH3 is 3. The topological polar surface area (TPSA) is 86.7 Å². The standard InChI is InChI=1S/C25H24N2O6/c1-30-13-6-4-12(5-7-13)27-24(28)19-16-11-17(20(19)25(27)29)23-21(16)22(26-33-23)15-9-8-14(31-2)10-18(15)32-3/h4-10,16-17,19-21,23H,11H2,1-3H3/t16-,17+,19-,20+,21+,23-/m1/s1. The molecule has 2 amide bonds. The van der Waals surface area contributed by atoms with Crippen molar-refractivity contribution in [2.75, 3.05) is 26.2 Å². The van der Waals surface area contributed by atoms with Crippen LogP contribution in [0.5, 0.6) is 17.2 Å². The Kier molecular flexibility index (Phi) is 4.40. The molecule has 0 radical (unpaired) electrons. The van der Waals surface area contributed by atoms with Gasteiger partial charge in [-0.05, 0) is 48.7 Å². The van der Waals surface area contributed by atoms with Gasteiger partial charge in [0.25, 0.3) is 0 Å². The second kappa shape index (κ2) is 7.23. The Labute approximate surface area is 191 Å². The summed E-state index contributed by atoms with van der Waals surface area (Å²) in [5.74, 6) is 0.931. The molecule has 3 fully saturated rings. The minimum atomic E-state index is -0.363. The van der Waals surface area contributed by atoms with E-state index >= 15 is 0 Å². The minimum absolute atomic E-state index is 0.00208. The van der Waals surface area contributed by atoms with Crippen LogP contribution in [0.25, 0.3) is 0 Å². The van der Waals surface area contributed by atoms with E-state index in [4.69, 9.17) is 19.0 Å². The molecule has 170 valence electrons. The van der Waals surface area contributed by atoms with Crippen LogP contribution >= 0.6 is 0 Å². The SMILES string of the molecule is COc1ccc(N2C(=O)[C@@H]3[C@H]4C[C@H]([C@H]5ON=C(c6ccc(OC)cc6OC)[C@H]45)[C@@H]3C2=O)cc1. The summed E-state index contributed by atoms with van der Waals surface area (Å²) >= 11 is 0. The highest BCUT2D eigenvalue weighted by Crippen LogP contribution is 2.62. The molecule has 0 aromatic heterocycles. The number of nitrogens with zero attached hydrogens (tertiary/aromatic N) is 2. The first-order valence-electron chi connectivity index (χ1n) is 11.0. The van der Waals surface area contributed by atoms with Gasteiger partial charge in [-0.3, -0.25) is 14.5 Å². The third kappa shape index (κ3) is 2.66. The van der Waals surface area contributed by atoms with E-state index in [1.54, 1.807) is 45.6 Å². The molecule has 6 atom stereocenters. The second-order valence-electron chi connectivity index (χ2n) is 8.96. The van der Waals surface area contributed by atoms with Crippen LogP contribution < -0.4 is 19.1 Å². The molecular formula is C25H24N2O6. The maximum absolute atomic E-state index is 13.5. The first kappa shape index (κ1) is 20.1. The maximum Gasteiger partial charge on any atom is 0.238 e. The van der Waals surface area contributed by atoms with Crippen molar-refractivity contribution in [3.05, 3.63) is 48.0 Å². The van der Waals surface area contributed by atoms with E-state index in [9.17, 15) is 9.59 Å². The Hall–Kier alpha value is -3.55. The monoisotopic (exact) mass is 448 g/mol. The summed E-state index contributed by atoms with van der Waals surface area (Å²) in [6, 6.07) is 12.6. The van der Waals surface area contributed by atoms with E-state index in [2.05, 4.69) is 5.16 Å². The Bertz CT molecular complexity index is 1180. The summed E-state index contributed by atoms with van der Waals surface area (Å²) in [7, 11) is 4.79. The average Bonchev–Trinajstić information content (AvgIpc) is 3.59. The molecule has 6 rings (SSSR count). The smallest absolute Gasteiger partial charge is 0.238 e. The van der Waals surface area contributed by atoms with Crippen LogP contribution in [0.15, 0.2) is 47.6 Å². The third-order valence-electron chi connectivity index (χ3n) is 7.71. The number of fused-ring (bicyclic) bond motifs is 8. The summed E-state index contributed by atoms with van der Waals surface area (Å²) in [5.41, 5.74) is 2.20. The van der Waals surface area contributed by atoms with Crippen LogP contribution in [-0.4, -0.2) is 45.0 Å². The van der Waals surface area contributed by atoms with Gasteiger partial charge in [0.05, 0.1) is 44.6 Å². The van der Waals surface area contributed by atoms with Gasteiger partial charge in [0.15, 0.2) is 0 Å². The lowest BCUT2D eigenvalue weighted by molar-refractivity contribution is -0.125. The zero-order chi connectivity index (χ0) is 22.9. The van der Waals surface area contributed by atoms with Gasteiger partial charge in [-0.15, -0.1) is 0 Å². The molecule has 2 aromatic carbocycles. The van der Waals surface area contributed by atoms with Crippen molar-refractivity contribution in [1.29, 1.82) is 0 Å². The number of amides is 2. The fourth-order valence-corrected chi connectivity index (χ4v) is 6.34. The predicted octanol–water partition coefficient (Wildman–Crippen LogP) is 2.89. The lowest BCUT2D eigenvalue weighted by Gasteiger charge is -2.30. The molecule has 2 saturated carbocycles. The highest BCUT2D eigenvalue weighted by Gasteiger charge is 2.70. The molecule has 1 saturated heterocycles.